The van der Waals surface area contributed by atoms with Crippen LogP contribution in [-0.2, 0) is 44.7 Å². The molecule has 52 heavy (non-hydrogen) atoms. The van der Waals surface area contributed by atoms with Gasteiger partial charge in [0.15, 0.2) is 0 Å². The van der Waals surface area contributed by atoms with Crippen LogP contribution in [0.25, 0.3) is 24.3 Å². The van der Waals surface area contributed by atoms with E-state index in [2.05, 4.69) is 85.8 Å². The van der Waals surface area contributed by atoms with E-state index in [1.54, 1.807) is 0 Å². The standard InChI is InChI=1S/C44H60N4O4/c1-9-21-51-43(49)19-15-13-17-33-29(7)36-23-35-27(5)31(11-3)39(45-35)24-37-28(6)32(12-4)40(46-37)25-38-30(8)34(42(48-38)26-41(33)47-36)18-14-16-20-44(50)52-22-10-2/h23-26,45-48H,9-22H2,1-8H3. The second kappa shape index (κ2) is 17.8. The molecule has 5 heterocycles. The molecule has 280 valence electrons. The number of carbonyl (C=O) groups is 2. The lowest BCUT2D eigenvalue weighted by Gasteiger charge is -2.05. The summed E-state index contributed by atoms with van der Waals surface area (Å²) in [5, 5.41) is 4.43. The van der Waals surface area contributed by atoms with E-state index >= 15 is 0 Å². The van der Waals surface area contributed by atoms with Crippen LogP contribution in [0.2, 0.25) is 0 Å². The highest BCUT2D eigenvalue weighted by molar-refractivity contribution is 5.70. The fourth-order valence-corrected chi connectivity index (χ4v) is 7.64. The molecule has 5 rings (SSSR count). The molecule has 8 bridgehead atoms. The first-order valence-electron chi connectivity index (χ1n) is 19.7. The van der Waals surface area contributed by atoms with Crippen LogP contribution < -0.4 is 21.4 Å². The van der Waals surface area contributed by atoms with E-state index < -0.39 is 0 Å². The van der Waals surface area contributed by atoms with Crippen LogP contribution in [0.5, 0.6) is 0 Å². The third-order valence-electron chi connectivity index (χ3n) is 10.7. The van der Waals surface area contributed by atoms with Gasteiger partial charge in [0.05, 0.1) is 13.2 Å². The van der Waals surface area contributed by atoms with E-state index in [0.717, 1.165) is 108 Å². The van der Waals surface area contributed by atoms with Crippen molar-refractivity contribution in [1.29, 1.82) is 0 Å². The molecule has 1 aliphatic rings. The van der Waals surface area contributed by atoms with Crippen LogP contribution in [0.3, 0.4) is 0 Å². The lowest BCUT2D eigenvalue weighted by molar-refractivity contribution is -0.144. The molecule has 0 radical (unpaired) electrons. The van der Waals surface area contributed by atoms with Crippen molar-refractivity contribution in [2.45, 2.75) is 132 Å². The lowest BCUT2D eigenvalue weighted by Crippen LogP contribution is -2.13. The average Bonchev–Trinajstić information content (AvgIpc) is 3.79. The molecule has 0 spiro atoms. The monoisotopic (exact) mass is 708 g/mol. The maximum absolute atomic E-state index is 12.2. The highest BCUT2D eigenvalue weighted by atomic mass is 16.5. The summed E-state index contributed by atoms with van der Waals surface area (Å²) in [5.74, 6) is -0.228. The van der Waals surface area contributed by atoms with E-state index in [0.29, 0.717) is 26.1 Å². The predicted octanol–water partition coefficient (Wildman–Crippen LogP) is 6.32. The maximum Gasteiger partial charge on any atom is 0.305 e. The summed E-state index contributed by atoms with van der Waals surface area (Å²) >= 11 is 0. The smallest absolute Gasteiger partial charge is 0.305 e. The normalized spacial score (nSPS) is 12.2. The Balaban J connectivity index is 1.66. The maximum atomic E-state index is 12.2. The number of fused-ring (bicyclic) bond motifs is 8. The quantitative estimate of drug-likeness (QED) is 0.0710. The van der Waals surface area contributed by atoms with Crippen molar-refractivity contribution in [2.75, 3.05) is 13.2 Å². The van der Waals surface area contributed by atoms with E-state index in [9.17, 15) is 9.59 Å². The second-order valence-corrected chi connectivity index (χ2v) is 14.4. The van der Waals surface area contributed by atoms with E-state index in [1.807, 2.05) is 13.8 Å². The Labute approximate surface area is 308 Å². The van der Waals surface area contributed by atoms with E-state index in [4.69, 9.17) is 9.47 Å². The molecule has 0 unspecified atom stereocenters. The molecule has 4 aromatic rings. The number of esters is 2. The number of hydrogen-bond acceptors (Lipinski definition) is 4. The number of carbonyl (C=O) groups excluding carboxylic acids is 2. The molecule has 8 nitrogen and oxygen atoms in total. The Morgan fingerprint density at radius 1 is 0.481 bits per heavy atom. The Kier molecular flexibility index (Phi) is 13.3. The van der Waals surface area contributed by atoms with Gasteiger partial charge in [-0.1, -0.05) is 27.7 Å². The van der Waals surface area contributed by atoms with Crippen molar-refractivity contribution < 1.29 is 19.1 Å². The first-order valence-corrected chi connectivity index (χ1v) is 19.7. The van der Waals surface area contributed by atoms with Gasteiger partial charge in [0.1, 0.15) is 0 Å². The zero-order valence-electron chi connectivity index (χ0n) is 32.8. The molecule has 4 aromatic heterocycles. The number of hydrogen-bond donors (Lipinski definition) is 4. The van der Waals surface area contributed by atoms with Gasteiger partial charge in [-0.05, 0) is 161 Å². The fraction of sp³-hybridized carbons (Fsp3) is 0.500. The molecule has 0 saturated heterocycles. The van der Waals surface area contributed by atoms with Crippen LogP contribution in [0.4, 0.5) is 0 Å². The third kappa shape index (κ3) is 8.76. The second-order valence-electron chi connectivity index (χ2n) is 14.4. The molecule has 0 aromatic carbocycles. The minimum Gasteiger partial charge on any atom is -0.466 e. The highest BCUT2D eigenvalue weighted by Crippen LogP contribution is 2.24. The highest BCUT2D eigenvalue weighted by Gasteiger charge is 2.17. The van der Waals surface area contributed by atoms with Gasteiger partial charge in [0, 0.05) is 57.0 Å². The van der Waals surface area contributed by atoms with Crippen LogP contribution >= 0.6 is 0 Å². The number of ether oxygens (including phenoxy) is 2. The molecule has 0 fully saturated rings. The topological polar surface area (TPSA) is 116 Å². The predicted molar refractivity (Wildman–Crippen MR) is 211 cm³/mol. The molecule has 8 heteroatoms. The summed E-state index contributed by atoms with van der Waals surface area (Å²) in [6, 6.07) is 0. The summed E-state index contributed by atoms with van der Waals surface area (Å²) in [6.07, 6.45) is 18.5. The summed E-state index contributed by atoms with van der Waals surface area (Å²) < 4.78 is 10.7. The Hall–Kier alpha value is -4.46. The fourth-order valence-electron chi connectivity index (χ4n) is 7.64. The zero-order chi connectivity index (χ0) is 37.4. The Bertz CT molecular complexity index is 2140. The molecule has 0 atom stereocenters. The van der Waals surface area contributed by atoms with Crippen molar-refractivity contribution in [3.63, 3.8) is 0 Å². The average molecular weight is 709 g/mol. The van der Waals surface area contributed by atoms with Crippen LogP contribution in [0.1, 0.15) is 146 Å². The van der Waals surface area contributed by atoms with Gasteiger partial charge in [-0.3, -0.25) is 9.59 Å². The SMILES string of the molecule is CCCOC(=O)CCCCc1c2[nH]c(c1C)C=c1[nH]c(c(C)c1CC)=Cc1[nH]c(c(C)c1CC)C=c1[nH]c(c(CCCCC(=O)OCCC)c1C)=C2. The summed E-state index contributed by atoms with van der Waals surface area (Å²) in [7, 11) is 0. The minimum atomic E-state index is -0.114. The summed E-state index contributed by atoms with van der Waals surface area (Å²) in [6.45, 7) is 18.3. The van der Waals surface area contributed by atoms with Gasteiger partial charge in [0.2, 0.25) is 0 Å². The molecule has 0 saturated carbocycles. The molecular formula is C44H60N4O4. The third-order valence-corrected chi connectivity index (χ3v) is 10.7. The number of rotatable bonds is 16. The first-order chi connectivity index (χ1) is 25.1. The number of H-pyrrole nitrogens is 4. The lowest BCUT2D eigenvalue weighted by atomic mass is 10.0. The number of nitrogens with one attached hydrogen (secondary N) is 4. The Morgan fingerprint density at radius 2 is 0.904 bits per heavy atom. The van der Waals surface area contributed by atoms with Crippen molar-refractivity contribution in [3.05, 3.63) is 88.7 Å². The minimum absolute atomic E-state index is 0.114. The molecular weight excluding hydrogens is 649 g/mol. The zero-order valence-corrected chi connectivity index (χ0v) is 32.8. The summed E-state index contributed by atoms with van der Waals surface area (Å²) in [5.41, 5.74) is 14.6. The van der Waals surface area contributed by atoms with Crippen molar-refractivity contribution in [3.8, 4) is 0 Å². The van der Waals surface area contributed by atoms with Gasteiger partial charge < -0.3 is 29.4 Å². The van der Waals surface area contributed by atoms with Gasteiger partial charge >= 0.3 is 11.9 Å². The first kappa shape index (κ1) is 38.8. The van der Waals surface area contributed by atoms with Gasteiger partial charge in [-0.2, -0.15) is 0 Å². The van der Waals surface area contributed by atoms with Gasteiger partial charge in [-0.15, -0.1) is 0 Å². The number of aromatic nitrogens is 4. The largest absolute Gasteiger partial charge is 0.466 e. The van der Waals surface area contributed by atoms with Crippen LogP contribution in [0, 0.1) is 27.7 Å². The van der Waals surface area contributed by atoms with Crippen LogP contribution in [0.15, 0.2) is 0 Å². The molecule has 4 N–H and O–H groups in total. The van der Waals surface area contributed by atoms with Crippen molar-refractivity contribution in [1.82, 2.24) is 19.9 Å². The summed E-state index contributed by atoms with van der Waals surface area (Å²) in [4.78, 5) is 39.7. The van der Waals surface area contributed by atoms with E-state index in [-0.39, 0.29) is 11.9 Å². The van der Waals surface area contributed by atoms with Gasteiger partial charge in [-0.25, -0.2) is 0 Å². The van der Waals surface area contributed by atoms with Crippen LogP contribution in [-0.4, -0.2) is 45.1 Å². The van der Waals surface area contributed by atoms with Crippen molar-refractivity contribution >= 4 is 36.2 Å². The number of aromatic amines is 4. The number of unbranched alkanes of at least 4 members (excludes halogenated alkanes) is 2. The van der Waals surface area contributed by atoms with Gasteiger partial charge in [0.25, 0.3) is 0 Å². The molecule has 0 aliphatic carbocycles. The van der Waals surface area contributed by atoms with E-state index in [1.165, 1.54) is 44.5 Å². The Morgan fingerprint density at radius 3 is 1.44 bits per heavy atom. The molecule has 0 amide bonds. The van der Waals surface area contributed by atoms with Crippen molar-refractivity contribution in [2.24, 2.45) is 0 Å². The molecule has 1 aliphatic heterocycles.